The van der Waals surface area contributed by atoms with Crippen LogP contribution >= 0.6 is 7.05 Å². The SMILES string of the molecule is CC1(C)C2CCC1(CS(=O)(=O)N=P(c1ccccc1)(c1ccccc1)c1ccccc1)C(=O)C2. The molecule has 3 aromatic rings. The molecule has 6 heteroatoms. The number of carbonyl (C=O) groups excluding carboxylic acids is 1. The van der Waals surface area contributed by atoms with Crippen molar-refractivity contribution in [3.05, 3.63) is 91.0 Å². The van der Waals surface area contributed by atoms with Gasteiger partial charge in [-0.3, -0.25) is 4.79 Å². The van der Waals surface area contributed by atoms with Crippen molar-refractivity contribution in [2.75, 3.05) is 5.75 Å². The van der Waals surface area contributed by atoms with Crippen LogP contribution in [0.3, 0.4) is 0 Å². The fourth-order valence-electron chi connectivity index (χ4n) is 6.15. The predicted molar refractivity (Wildman–Crippen MR) is 140 cm³/mol. The molecule has 0 saturated heterocycles. The average Bonchev–Trinajstić information content (AvgIpc) is 3.18. The Morgan fingerprint density at radius 1 is 0.824 bits per heavy atom. The lowest BCUT2D eigenvalue weighted by atomic mass is 9.70. The Morgan fingerprint density at radius 2 is 1.26 bits per heavy atom. The summed E-state index contributed by atoms with van der Waals surface area (Å²) in [5, 5.41) is 2.65. The van der Waals surface area contributed by atoms with E-state index in [1.165, 1.54) is 0 Å². The van der Waals surface area contributed by atoms with Crippen molar-refractivity contribution < 1.29 is 13.2 Å². The van der Waals surface area contributed by atoms with Crippen LogP contribution in [0, 0.1) is 16.7 Å². The first-order valence-corrected chi connectivity index (χ1v) is 15.1. The average molecular weight is 492 g/mol. The molecule has 0 N–H and O–H groups in total. The second-order valence-electron chi connectivity index (χ2n) is 10.1. The summed E-state index contributed by atoms with van der Waals surface area (Å²) < 4.78 is 33.0. The summed E-state index contributed by atoms with van der Waals surface area (Å²) in [7, 11) is -6.86. The minimum absolute atomic E-state index is 0.0931. The molecule has 2 fully saturated rings. The maximum atomic E-state index is 14.0. The summed E-state index contributed by atoms with van der Waals surface area (Å²) in [6.45, 7) is 4.14. The number of nitrogens with zero attached hydrogens (tertiary/aromatic N) is 1. The Balaban J connectivity index is 1.78. The van der Waals surface area contributed by atoms with Gasteiger partial charge in [0.25, 0.3) is 10.0 Å². The van der Waals surface area contributed by atoms with Gasteiger partial charge in [0.1, 0.15) is 5.78 Å². The molecule has 4 nitrogen and oxygen atoms in total. The van der Waals surface area contributed by atoms with Crippen molar-refractivity contribution >= 4 is 38.8 Å². The van der Waals surface area contributed by atoms with Crippen molar-refractivity contribution in [1.82, 2.24) is 0 Å². The topological polar surface area (TPSA) is 63.6 Å². The molecule has 5 rings (SSSR count). The lowest BCUT2D eigenvalue weighted by Crippen LogP contribution is -2.42. The largest absolute Gasteiger partial charge is 0.299 e. The maximum absolute atomic E-state index is 14.0. The molecular weight excluding hydrogens is 461 g/mol. The van der Waals surface area contributed by atoms with E-state index >= 15 is 0 Å². The maximum Gasteiger partial charge on any atom is 0.253 e. The monoisotopic (exact) mass is 491 g/mol. The number of sulfonamides is 1. The fraction of sp³-hybridized carbons (Fsp3) is 0.321. The molecule has 0 spiro atoms. The Morgan fingerprint density at radius 3 is 1.62 bits per heavy atom. The zero-order valence-electron chi connectivity index (χ0n) is 19.6. The molecule has 0 radical (unpaired) electrons. The first-order chi connectivity index (χ1) is 16.2. The van der Waals surface area contributed by atoms with Gasteiger partial charge in [0.05, 0.1) is 18.2 Å². The van der Waals surface area contributed by atoms with Gasteiger partial charge in [-0.15, -0.1) is 0 Å². The number of ketones is 1. The van der Waals surface area contributed by atoms with E-state index in [4.69, 9.17) is 4.15 Å². The quantitative estimate of drug-likeness (QED) is 0.461. The normalized spacial score (nSPS) is 23.7. The smallest absolute Gasteiger partial charge is 0.253 e. The van der Waals surface area contributed by atoms with E-state index in [1.807, 2.05) is 91.0 Å². The standard InChI is InChI=1S/C28H30NO3PS/c1-27(2)22-18-19-28(27,26(30)20-22)21-34(31,32)29-33(23-12-6-3-7-13-23,24-14-8-4-9-15-24)25-16-10-5-11-17-25/h3-17,22H,18-21H2,1-2H3. The van der Waals surface area contributed by atoms with Gasteiger partial charge < -0.3 is 0 Å². The third-order valence-corrected chi connectivity index (χ3v) is 14.2. The van der Waals surface area contributed by atoms with Gasteiger partial charge in [-0.05, 0) is 24.2 Å². The molecule has 2 aliphatic rings. The van der Waals surface area contributed by atoms with Gasteiger partial charge in [-0.25, -0.2) is 8.42 Å². The van der Waals surface area contributed by atoms with Crippen LogP contribution < -0.4 is 15.9 Å². The number of carbonyl (C=O) groups is 1. The molecule has 2 atom stereocenters. The number of hydrogen-bond donors (Lipinski definition) is 0. The Kier molecular flexibility index (Phi) is 5.69. The molecular formula is C28H30NO3PS. The Labute approximate surface area is 202 Å². The Hall–Kier alpha value is -2.49. The van der Waals surface area contributed by atoms with E-state index < -0.39 is 22.5 Å². The second kappa shape index (κ2) is 8.32. The van der Waals surface area contributed by atoms with E-state index in [-0.39, 0.29) is 22.9 Å². The molecule has 0 amide bonds. The third-order valence-electron chi connectivity index (χ3n) is 8.20. The van der Waals surface area contributed by atoms with Crippen LogP contribution in [0.1, 0.15) is 33.1 Å². The minimum Gasteiger partial charge on any atom is -0.299 e. The second-order valence-corrected chi connectivity index (χ2v) is 15.0. The van der Waals surface area contributed by atoms with Gasteiger partial charge >= 0.3 is 0 Å². The van der Waals surface area contributed by atoms with Crippen LogP contribution in [-0.4, -0.2) is 20.0 Å². The highest BCUT2D eigenvalue weighted by molar-refractivity contribution is 7.99. The molecule has 2 saturated carbocycles. The fourth-order valence-corrected chi connectivity index (χ4v) is 13.0. The van der Waals surface area contributed by atoms with Crippen molar-refractivity contribution in [1.29, 1.82) is 0 Å². The molecule has 0 aliphatic heterocycles. The lowest BCUT2D eigenvalue weighted by Gasteiger charge is -2.36. The highest BCUT2D eigenvalue weighted by Crippen LogP contribution is 2.64. The van der Waals surface area contributed by atoms with Crippen LogP contribution in [0.2, 0.25) is 0 Å². The first-order valence-electron chi connectivity index (χ1n) is 11.8. The molecule has 34 heavy (non-hydrogen) atoms. The van der Waals surface area contributed by atoms with E-state index in [9.17, 15) is 13.2 Å². The number of benzene rings is 3. The molecule has 2 bridgehead atoms. The zero-order chi connectivity index (χ0) is 24.0. The number of fused-ring (bicyclic) bond motifs is 2. The van der Waals surface area contributed by atoms with Crippen molar-refractivity contribution in [2.24, 2.45) is 20.9 Å². The molecule has 3 aromatic carbocycles. The van der Waals surface area contributed by atoms with E-state index in [0.29, 0.717) is 12.8 Å². The van der Waals surface area contributed by atoms with Crippen molar-refractivity contribution in [3.63, 3.8) is 0 Å². The van der Waals surface area contributed by atoms with Crippen molar-refractivity contribution in [2.45, 2.75) is 33.1 Å². The number of rotatable bonds is 6. The highest BCUT2D eigenvalue weighted by atomic mass is 32.2. The summed E-state index contributed by atoms with van der Waals surface area (Å²) in [5.74, 6) is 0.138. The first kappa shape index (κ1) is 23.3. The van der Waals surface area contributed by atoms with Gasteiger partial charge in [0, 0.05) is 22.3 Å². The third kappa shape index (κ3) is 3.52. The van der Waals surface area contributed by atoms with E-state index in [1.54, 1.807) is 0 Å². The molecule has 0 aromatic heterocycles. The van der Waals surface area contributed by atoms with Crippen LogP contribution in [0.5, 0.6) is 0 Å². The summed E-state index contributed by atoms with van der Waals surface area (Å²) in [6, 6.07) is 29.2. The van der Waals surface area contributed by atoms with Crippen LogP contribution in [-0.2, 0) is 14.8 Å². The molecule has 0 heterocycles. The summed E-state index contributed by atoms with van der Waals surface area (Å²) in [6.07, 6.45) is 2.02. The van der Waals surface area contributed by atoms with E-state index in [0.717, 1.165) is 22.3 Å². The molecule has 2 aliphatic carbocycles. The van der Waals surface area contributed by atoms with Crippen LogP contribution in [0.15, 0.2) is 95.1 Å². The summed E-state index contributed by atoms with van der Waals surface area (Å²) >= 11 is 0. The minimum atomic E-state index is -3.96. The highest BCUT2D eigenvalue weighted by Gasteiger charge is 2.65. The zero-order valence-corrected chi connectivity index (χ0v) is 21.3. The van der Waals surface area contributed by atoms with Gasteiger partial charge in [-0.1, -0.05) is 105 Å². The van der Waals surface area contributed by atoms with Gasteiger partial charge in [0.2, 0.25) is 0 Å². The lowest BCUT2D eigenvalue weighted by molar-refractivity contribution is -0.128. The summed E-state index contributed by atoms with van der Waals surface area (Å²) in [5.41, 5.74) is -1.18. The predicted octanol–water partition coefficient (Wildman–Crippen LogP) is 4.89. The van der Waals surface area contributed by atoms with Gasteiger partial charge in [-0.2, -0.15) is 4.15 Å². The van der Waals surface area contributed by atoms with Crippen molar-refractivity contribution in [3.8, 4) is 0 Å². The molecule has 176 valence electrons. The van der Waals surface area contributed by atoms with Gasteiger partial charge in [0.15, 0.2) is 0 Å². The Bertz CT molecular complexity index is 1270. The van der Waals surface area contributed by atoms with Crippen LogP contribution in [0.25, 0.3) is 0 Å². The molecule has 2 unspecified atom stereocenters. The van der Waals surface area contributed by atoms with E-state index in [2.05, 4.69) is 13.8 Å². The number of Topliss-reactive ketones (excluding diaryl/α,β-unsaturated/α-hetero) is 1. The number of hydrogen-bond acceptors (Lipinski definition) is 3. The summed E-state index contributed by atoms with van der Waals surface area (Å²) in [4.78, 5) is 13.1. The van der Waals surface area contributed by atoms with Crippen LogP contribution in [0.4, 0.5) is 0 Å².